The van der Waals surface area contributed by atoms with Crippen LogP contribution < -0.4 is 0 Å². The summed E-state index contributed by atoms with van der Waals surface area (Å²) in [4.78, 5) is 0. The lowest BCUT2D eigenvalue weighted by molar-refractivity contribution is 0.363. The van der Waals surface area contributed by atoms with Crippen molar-refractivity contribution in [3.63, 3.8) is 0 Å². The summed E-state index contributed by atoms with van der Waals surface area (Å²) in [5.74, 6) is 1.98. The molecule has 0 heteroatoms. The fourth-order valence-electron chi connectivity index (χ4n) is 3.81. The van der Waals surface area contributed by atoms with Crippen molar-refractivity contribution in [2.24, 2.45) is 11.8 Å². The Morgan fingerprint density at radius 1 is 0.458 bits per heavy atom. The Hall–Kier alpha value is 0. The first kappa shape index (κ1) is 24.0. The predicted octanol–water partition coefficient (Wildman–Crippen LogP) is 9.32. The second-order valence-corrected chi connectivity index (χ2v) is 8.42. The highest BCUT2D eigenvalue weighted by Gasteiger charge is 2.09. The van der Waals surface area contributed by atoms with Crippen molar-refractivity contribution in [3.8, 4) is 0 Å². The van der Waals surface area contributed by atoms with Crippen molar-refractivity contribution in [2.75, 3.05) is 0 Å². The normalized spacial score (nSPS) is 14.0. The van der Waals surface area contributed by atoms with Gasteiger partial charge < -0.3 is 0 Å². The zero-order valence-electron chi connectivity index (χ0n) is 17.9. The van der Waals surface area contributed by atoms with E-state index in [2.05, 4.69) is 27.7 Å². The Labute approximate surface area is 155 Å². The summed E-state index contributed by atoms with van der Waals surface area (Å²) >= 11 is 0. The molecule has 0 aliphatic carbocycles. The van der Waals surface area contributed by atoms with Crippen LogP contribution in [0.15, 0.2) is 0 Å². The minimum Gasteiger partial charge on any atom is -0.0654 e. The van der Waals surface area contributed by atoms with Gasteiger partial charge in [0, 0.05) is 0 Å². The third kappa shape index (κ3) is 16.8. The van der Waals surface area contributed by atoms with E-state index in [9.17, 15) is 0 Å². The average molecular weight is 339 g/mol. The zero-order chi connectivity index (χ0) is 17.9. The Morgan fingerprint density at radius 3 is 1.33 bits per heavy atom. The first-order valence-corrected chi connectivity index (χ1v) is 11.7. The Bertz CT molecular complexity index is 220. The Morgan fingerprint density at radius 2 is 0.833 bits per heavy atom. The molecule has 0 saturated heterocycles. The van der Waals surface area contributed by atoms with Crippen LogP contribution in [0, 0.1) is 11.8 Å². The fraction of sp³-hybridized carbons (Fsp3) is 1.00. The van der Waals surface area contributed by atoms with E-state index >= 15 is 0 Å². The molecule has 0 aromatic heterocycles. The largest absolute Gasteiger partial charge is 0.0654 e. The van der Waals surface area contributed by atoms with E-state index in [0.29, 0.717) is 0 Å². The number of hydrogen-bond donors (Lipinski definition) is 0. The number of unbranched alkanes of at least 4 members (excludes halogenated alkanes) is 10. The van der Waals surface area contributed by atoms with Gasteiger partial charge in [-0.3, -0.25) is 0 Å². The van der Waals surface area contributed by atoms with E-state index in [-0.39, 0.29) is 0 Å². The molecule has 0 fully saturated rings. The Balaban J connectivity index is 3.78. The van der Waals surface area contributed by atoms with Gasteiger partial charge in [0.15, 0.2) is 0 Å². The van der Waals surface area contributed by atoms with E-state index in [1.165, 1.54) is 116 Å². The van der Waals surface area contributed by atoms with E-state index in [4.69, 9.17) is 0 Å². The summed E-state index contributed by atoms with van der Waals surface area (Å²) in [5.41, 5.74) is 0. The van der Waals surface area contributed by atoms with E-state index in [1.807, 2.05) is 0 Å². The quantitative estimate of drug-likeness (QED) is 0.206. The maximum Gasteiger partial charge on any atom is -0.0414 e. The molecule has 0 radical (unpaired) electrons. The Kier molecular flexibility index (Phi) is 19.3. The molecule has 0 aliphatic heterocycles. The highest BCUT2D eigenvalue weighted by atomic mass is 14.1. The van der Waals surface area contributed by atoms with Gasteiger partial charge in [0.05, 0.1) is 0 Å². The lowest BCUT2D eigenvalue weighted by Crippen LogP contribution is -2.02. The maximum absolute atomic E-state index is 2.41. The molecule has 0 aromatic carbocycles. The molecule has 24 heavy (non-hydrogen) atoms. The topological polar surface area (TPSA) is 0 Å². The molecular formula is C24H50. The molecule has 0 aliphatic rings. The van der Waals surface area contributed by atoms with E-state index < -0.39 is 0 Å². The highest BCUT2D eigenvalue weighted by molar-refractivity contribution is 4.62. The third-order valence-electron chi connectivity index (χ3n) is 5.94. The standard InChI is InChI=1S/C24H50/c1-5-8-10-12-13-17-21-24(20-16-11-9-6-2)22-18-14-15-19-23(4)7-3/h23-24H,5-22H2,1-4H3. The van der Waals surface area contributed by atoms with Gasteiger partial charge in [-0.1, -0.05) is 143 Å². The molecule has 0 heterocycles. The summed E-state index contributed by atoms with van der Waals surface area (Å²) in [7, 11) is 0. The van der Waals surface area contributed by atoms with Crippen molar-refractivity contribution < 1.29 is 0 Å². The first-order chi connectivity index (χ1) is 11.7. The van der Waals surface area contributed by atoms with Crippen molar-refractivity contribution in [1.82, 2.24) is 0 Å². The zero-order valence-corrected chi connectivity index (χ0v) is 17.9. The highest BCUT2D eigenvalue weighted by Crippen LogP contribution is 2.24. The maximum atomic E-state index is 2.41. The predicted molar refractivity (Wildman–Crippen MR) is 113 cm³/mol. The first-order valence-electron chi connectivity index (χ1n) is 11.7. The molecule has 0 N–H and O–H groups in total. The molecule has 0 amide bonds. The summed E-state index contributed by atoms with van der Waals surface area (Å²) in [6, 6.07) is 0. The van der Waals surface area contributed by atoms with Crippen LogP contribution in [0.3, 0.4) is 0 Å². The van der Waals surface area contributed by atoms with E-state index in [0.717, 1.165) is 11.8 Å². The van der Waals surface area contributed by atoms with Gasteiger partial charge in [-0.15, -0.1) is 0 Å². The van der Waals surface area contributed by atoms with Gasteiger partial charge in [-0.05, 0) is 11.8 Å². The van der Waals surface area contributed by atoms with Gasteiger partial charge in [-0.25, -0.2) is 0 Å². The molecule has 0 aromatic rings. The van der Waals surface area contributed by atoms with Crippen LogP contribution in [-0.2, 0) is 0 Å². The van der Waals surface area contributed by atoms with Crippen molar-refractivity contribution >= 4 is 0 Å². The van der Waals surface area contributed by atoms with Gasteiger partial charge in [0.2, 0.25) is 0 Å². The van der Waals surface area contributed by atoms with Gasteiger partial charge in [0.25, 0.3) is 0 Å². The lowest BCUT2D eigenvalue weighted by atomic mass is 9.89. The molecule has 2 unspecified atom stereocenters. The van der Waals surface area contributed by atoms with Crippen LogP contribution >= 0.6 is 0 Å². The van der Waals surface area contributed by atoms with Crippen molar-refractivity contribution in [2.45, 2.75) is 143 Å². The third-order valence-corrected chi connectivity index (χ3v) is 5.94. The molecule has 2 atom stereocenters. The molecule has 146 valence electrons. The molecule has 0 bridgehead atoms. The minimum atomic E-state index is 0.943. The van der Waals surface area contributed by atoms with Gasteiger partial charge >= 0.3 is 0 Å². The summed E-state index contributed by atoms with van der Waals surface area (Å²) in [5, 5.41) is 0. The second kappa shape index (κ2) is 19.3. The number of rotatable bonds is 19. The molecule has 0 rings (SSSR count). The second-order valence-electron chi connectivity index (χ2n) is 8.42. The summed E-state index contributed by atoms with van der Waals surface area (Å²) in [6.07, 6.45) is 26.3. The average Bonchev–Trinajstić information content (AvgIpc) is 2.60. The van der Waals surface area contributed by atoms with Crippen LogP contribution in [0.4, 0.5) is 0 Å². The van der Waals surface area contributed by atoms with E-state index in [1.54, 1.807) is 0 Å². The minimum absolute atomic E-state index is 0.943. The van der Waals surface area contributed by atoms with Crippen LogP contribution in [0.25, 0.3) is 0 Å². The fourth-order valence-corrected chi connectivity index (χ4v) is 3.81. The monoisotopic (exact) mass is 338 g/mol. The van der Waals surface area contributed by atoms with Gasteiger partial charge in [-0.2, -0.15) is 0 Å². The van der Waals surface area contributed by atoms with Gasteiger partial charge in [0.1, 0.15) is 0 Å². The summed E-state index contributed by atoms with van der Waals surface area (Å²) < 4.78 is 0. The van der Waals surface area contributed by atoms with Crippen molar-refractivity contribution in [3.05, 3.63) is 0 Å². The van der Waals surface area contributed by atoms with Crippen molar-refractivity contribution in [1.29, 1.82) is 0 Å². The summed E-state index contributed by atoms with van der Waals surface area (Å²) in [6.45, 7) is 9.38. The molecule has 0 nitrogen and oxygen atoms in total. The van der Waals surface area contributed by atoms with Crippen LogP contribution in [0.2, 0.25) is 0 Å². The van der Waals surface area contributed by atoms with Crippen LogP contribution in [0.1, 0.15) is 143 Å². The SMILES string of the molecule is CCCCCCCCC(CCCCCC)CCCCCC(C)CC. The van der Waals surface area contributed by atoms with Crippen LogP contribution in [0.5, 0.6) is 0 Å². The van der Waals surface area contributed by atoms with Crippen LogP contribution in [-0.4, -0.2) is 0 Å². The molecule has 0 spiro atoms. The molecular weight excluding hydrogens is 288 g/mol. The molecule has 0 saturated carbocycles. The lowest BCUT2D eigenvalue weighted by Gasteiger charge is -2.17. The number of hydrogen-bond acceptors (Lipinski definition) is 0. The smallest absolute Gasteiger partial charge is 0.0414 e.